The van der Waals surface area contributed by atoms with Crippen molar-refractivity contribution in [3.63, 3.8) is 0 Å². The van der Waals surface area contributed by atoms with E-state index in [0.717, 1.165) is 22.8 Å². The summed E-state index contributed by atoms with van der Waals surface area (Å²) in [6.07, 6.45) is 1.22. The van der Waals surface area contributed by atoms with Crippen molar-refractivity contribution in [1.29, 1.82) is 0 Å². The summed E-state index contributed by atoms with van der Waals surface area (Å²) in [6, 6.07) is 15.9. The van der Waals surface area contributed by atoms with Gasteiger partial charge in [-0.2, -0.15) is 0 Å². The minimum absolute atomic E-state index is 0.137. The lowest BCUT2D eigenvalue weighted by Gasteiger charge is -2.19. The van der Waals surface area contributed by atoms with E-state index < -0.39 is 0 Å². The first-order valence-corrected chi connectivity index (χ1v) is 11.3. The van der Waals surface area contributed by atoms with Gasteiger partial charge in [0, 0.05) is 17.4 Å². The van der Waals surface area contributed by atoms with Crippen molar-refractivity contribution in [1.82, 2.24) is 15.3 Å². The summed E-state index contributed by atoms with van der Waals surface area (Å²) in [5.41, 5.74) is 2.42. The number of carbonyl (C=O) groups is 1. The van der Waals surface area contributed by atoms with Crippen molar-refractivity contribution in [2.75, 3.05) is 38.1 Å². The fourth-order valence-electron chi connectivity index (χ4n) is 4.27. The molecule has 0 aliphatic carbocycles. The van der Waals surface area contributed by atoms with Crippen LogP contribution in [0.25, 0.3) is 11.3 Å². The average molecular weight is 478 g/mol. The molecule has 10 heteroatoms. The highest BCUT2D eigenvalue weighted by Crippen LogP contribution is 2.29. The second-order valence-corrected chi connectivity index (χ2v) is 8.27. The maximum Gasteiger partial charge on any atom is 0.319 e. The van der Waals surface area contributed by atoms with Gasteiger partial charge in [-0.05, 0) is 54.6 Å². The number of amides is 2. The molecule has 5 rings (SSSR count). The summed E-state index contributed by atoms with van der Waals surface area (Å²) < 4.78 is 22.3. The van der Waals surface area contributed by atoms with Crippen molar-refractivity contribution < 1.29 is 23.7 Å². The summed E-state index contributed by atoms with van der Waals surface area (Å²) in [4.78, 5) is 21.5. The Morgan fingerprint density at radius 2 is 1.51 bits per heavy atom. The molecule has 2 aliphatic rings. The van der Waals surface area contributed by atoms with Crippen LogP contribution in [0.3, 0.4) is 0 Å². The first kappa shape index (κ1) is 22.9. The molecule has 3 aromatic rings. The van der Waals surface area contributed by atoms with Crippen LogP contribution < -0.4 is 25.4 Å². The van der Waals surface area contributed by atoms with E-state index in [2.05, 4.69) is 25.9 Å². The van der Waals surface area contributed by atoms with Crippen LogP contribution in [0.15, 0.2) is 60.8 Å². The maximum atomic E-state index is 12.5. The normalized spacial score (nSPS) is 22.8. The molecule has 0 unspecified atom stereocenters. The minimum atomic E-state index is -0.319. The number of benzene rings is 2. The largest absolute Gasteiger partial charge is 0.497 e. The van der Waals surface area contributed by atoms with Gasteiger partial charge in [-0.3, -0.25) is 0 Å². The predicted octanol–water partition coefficient (Wildman–Crippen LogP) is 2.93. The molecule has 3 heterocycles. The molecule has 182 valence electrons. The molecule has 0 radical (unpaired) electrons. The zero-order chi connectivity index (χ0) is 24.2. The van der Waals surface area contributed by atoms with Crippen molar-refractivity contribution in [3.05, 3.63) is 60.8 Å². The Balaban J connectivity index is 1.18. The van der Waals surface area contributed by atoms with E-state index in [4.69, 9.17) is 18.9 Å². The molecule has 0 bridgehead atoms. The Labute approximate surface area is 203 Å². The van der Waals surface area contributed by atoms with Crippen LogP contribution in [0.1, 0.15) is 0 Å². The Hall–Kier alpha value is -3.89. The number of hydrogen-bond acceptors (Lipinski definition) is 8. The lowest BCUT2D eigenvalue weighted by Crippen LogP contribution is -2.46. The third-order valence-corrected chi connectivity index (χ3v) is 6.07. The number of hydrogen-bond donors (Lipinski definition) is 3. The highest BCUT2D eigenvalue weighted by atomic mass is 16.6. The molecular weight excluding hydrogens is 450 g/mol. The monoisotopic (exact) mass is 477 g/mol. The van der Waals surface area contributed by atoms with E-state index in [0.29, 0.717) is 24.8 Å². The summed E-state index contributed by atoms with van der Waals surface area (Å²) in [7, 11) is 3.23. The number of anilines is 2. The quantitative estimate of drug-likeness (QED) is 0.476. The third kappa shape index (κ3) is 5.13. The number of urea groups is 1. The molecule has 0 spiro atoms. The number of rotatable bonds is 7. The van der Waals surface area contributed by atoms with E-state index in [9.17, 15) is 4.79 Å². The Morgan fingerprint density at radius 3 is 2.20 bits per heavy atom. The number of ether oxygens (including phenoxy) is 4. The van der Waals surface area contributed by atoms with Gasteiger partial charge in [0.15, 0.2) is 0 Å². The number of aromatic nitrogens is 2. The zero-order valence-electron chi connectivity index (χ0n) is 19.4. The Bertz CT molecular complexity index is 1160. The van der Waals surface area contributed by atoms with E-state index in [1.165, 1.54) is 0 Å². The zero-order valence-corrected chi connectivity index (χ0v) is 19.4. The van der Waals surface area contributed by atoms with Crippen LogP contribution in [-0.2, 0) is 9.47 Å². The van der Waals surface area contributed by atoms with Crippen molar-refractivity contribution in [2.24, 2.45) is 0 Å². The second-order valence-electron chi connectivity index (χ2n) is 8.27. The third-order valence-electron chi connectivity index (χ3n) is 6.07. The molecule has 1 aromatic heterocycles. The number of fused-ring (bicyclic) bond motifs is 1. The van der Waals surface area contributed by atoms with Crippen molar-refractivity contribution in [2.45, 2.75) is 24.3 Å². The second kappa shape index (κ2) is 10.2. The molecular formula is C25H27N5O5. The van der Waals surface area contributed by atoms with Gasteiger partial charge >= 0.3 is 6.03 Å². The van der Waals surface area contributed by atoms with E-state index >= 15 is 0 Å². The van der Waals surface area contributed by atoms with Crippen LogP contribution in [-0.4, -0.2) is 67.7 Å². The van der Waals surface area contributed by atoms with Crippen LogP contribution in [0.5, 0.6) is 11.5 Å². The number of carbonyl (C=O) groups excluding carboxylic acids is 1. The fourth-order valence-corrected chi connectivity index (χ4v) is 4.27. The molecule has 2 aromatic carbocycles. The molecule has 3 N–H and O–H groups in total. The Kier molecular flexibility index (Phi) is 6.64. The van der Waals surface area contributed by atoms with Gasteiger partial charge in [0.25, 0.3) is 0 Å². The number of methoxy groups -OCH3 is 2. The molecule has 2 aliphatic heterocycles. The highest BCUT2D eigenvalue weighted by Gasteiger charge is 2.48. The van der Waals surface area contributed by atoms with E-state index in [-0.39, 0.29) is 30.3 Å². The summed E-state index contributed by atoms with van der Waals surface area (Å²) in [6.45, 7) is 0.778. The van der Waals surface area contributed by atoms with Crippen molar-refractivity contribution >= 4 is 17.7 Å². The van der Waals surface area contributed by atoms with Gasteiger partial charge in [-0.25, -0.2) is 14.8 Å². The summed E-state index contributed by atoms with van der Waals surface area (Å²) in [5.74, 6) is 2.00. The Morgan fingerprint density at radius 1 is 0.886 bits per heavy atom. The number of nitrogens with zero attached hydrogens (tertiary/aromatic N) is 2. The fraction of sp³-hybridized carbons (Fsp3) is 0.320. The van der Waals surface area contributed by atoms with E-state index in [1.807, 2.05) is 30.3 Å². The van der Waals surface area contributed by atoms with Gasteiger partial charge in [-0.15, -0.1) is 0 Å². The minimum Gasteiger partial charge on any atom is -0.497 e. The number of nitrogens with one attached hydrogen (secondary N) is 3. The van der Waals surface area contributed by atoms with E-state index in [1.54, 1.807) is 44.7 Å². The van der Waals surface area contributed by atoms with Gasteiger partial charge in [-0.1, -0.05) is 0 Å². The standard InChI is InChI=1S/C25H27N5O5/c1-32-17-7-3-15(4-8-17)19-11-12-26-24(28-19)29-20-13-34-23-21(14-35-22(20)23)30-25(31)27-16-5-9-18(33-2)10-6-16/h3-12,20-23H,13-14H2,1-2H3,(H,26,28,29)(H2,27,30,31)/t20-,21-,22+,23+/m0/s1. The summed E-state index contributed by atoms with van der Waals surface area (Å²) in [5, 5.41) is 9.10. The average Bonchev–Trinajstić information content (AvgIpc) is 3.48. The SMILES string of the molecule is COc1ccc(NC(=O)N[C@H]2CO[C@H]3[C@@H]2OC[C@@H]3Nc2nccc(-c3ccc(OC)cc3)n2)cc1. The molecule has 0 saturated carbocycles. The van der Waals surface area contributed by atoms with Crippen LogP contribution in [0.4, 0.5) is 16.4 Å². The first-order valence-electron chi connectivity index (χ1n) is 11.3. The predicted molar refractivity (Wildman–Crippen MR) is 130 cm³/mol. The van der Waals surface area contributed by atoms with Gasteiger partial charge in [0.1, 0.15) is 23.7 Å². The maximum absolute atomic E-state index is 12.5. The topological polar surface area (TPSA) is 116 Å². The van der Waals surface area contributed by atoms with Gasteiger partial charge in [0.05, 0.1) is 45.2 Å². The smallest absolute Gasteiger partial charge is 0.319 e. The van der Waals surface area contributed by atoms with Gasteiger partial charge < -0.3 is 34.9 Å². The van der Waals surface area contributed by atoms with Crippen LogP contribution in [0.2, 0.25) is 0 Å². The molecule has 2 fully saturated rings. The van der Waals surface area contributed by atoms with Crippen LogP contribution in [0, 0.1) is 0 Å². The molecule has 2 amide bonds. The first-order chi connectivity index (χ1) is 17.1. The van der Waals surface area contributed by atoms with Gasteiger partial charge in [0.2, 0.25) is 5.95 Å². The lowest BCUT2D eigenvalue weighted by molar-refractivity contribution is 0.0683. The molecule has 10 nitrogen and oxygen atoms in total. The highest BCUT2D eigenvalue weighted by molar-refractivity contribution is 5.89. The van der Waals surface area contributed by atoms with Crippen molar-refractivity contribution in [3.8, 4) is 22.8 Å². The molecule has 4 atom stereocenters. The summed E-state index contributed by atoms with van der Waals surface area (Å²) >= 11 is 0. The lowest BCUT2D eigenvalue weighted by atomic mass is 10.1. The van der Waals surface area contributed by atoms with Crippen LogP contribution >= 0.6 is 0 Å². The molecule has 2 saturated heterocycles. The molecule has 35 heavy (non-hydrogen) atoms.